The number of rotatable bonds is 2. The second kappa shape index (κ2) is 4.74. The molecule has 20 heavy (non-hydrogen) atoms. The van der Waals surface area contributed by atoms with E-state index in [4.69, 9.17) is 4.74 Å². The standard InChI is InChI=1S/C15H11BF3O/c17-16(18,19)13-10-15(11-6-2-1-3-7-11)20-14-9-5-4-8-12(13)14/h1-10,15H/q-1. The fourth-order valence-electron chi connectivity index (χ4n) is 2.32. The maximum Gasteiger partial charge on any atom is 0.510 e. The van der Waals surface area contributed by atoms with E-state index in [0.29, 0.717) is 5.56 Å². The van der Waals surface area contributed by atoms with Gasteiger partial charge in [0.15, 0.2) is 0 Å². The number of ether oxygens (including phenoxy) is 1. The van der Waals surface area contributed by atoms with Gasteiger partial charge in [-0.3, -0.25) is 0 Å². The number of fused-ring (bicyclic) bond motifs is 1. The molecule has 0 bridgehead atoms. The van der Waals surface area contributed by atoms with Crippen LogP contribution in [0.2, 0.25) is 0 Å². The molecule has 1 unspecified atom stereocenters. The maximum absolute atomic E-state index is 13.2. The van der Waals surface area contributed by atoms with Crippen molar-refractivity contribution in [3.05, 3.63) is 71.8 Å². The minimum absolute atomic E-state index is 0.118. The molecule has 1 aliphatic rings. The molecule has 2 aromatic rings. The van der Waals surface area contributed by atoms with Gasteiger partial charge in [-0.15, -0.1) is 0 Å². The Labute approximate surface area is 114 Å². The summed E-state index contributed by atoms with van der Waals surface area (Å²) in [4.78, 5) is 0. The minimum atomic E-state index is -5.07. The molecular weight excluding hydrogens is 264 g/mol. The van der Waals surface area contributed by atoms with Gasteiger partial charge in [0.1, 0.15) is 11.9 Å². The lowest BCUT2D eigenvalue weighted by Gasteiger charge is -2.30. The fourth-order valence-corrected chi connectivity index (χ4v) is 2.32. The molecular formula is C15H11BF3O-. The van der Waals surface area contributed by atoms with Gasteiger partial charge in [-0.25, -0.2) is 0 Å². The summed E-state index contributed by atoms with van der Waals surface area (Å²) in [5, 5.41) is 0. The van der Waals surface area contributed by atoms with Gasteiger partial charge in [0, 0.05) is 0 Å². The van der Waals surface area contributed by atoms with E-state index in [2.05, 4.69) is 0 Å². The Morgan fingerprint density at radius 3 is 2.20 bits per heavy atom. The van der Waals surface area contributed by atoms with Gasteiger partial charge >= 0.3 is 6.98 Å². The molecule has 0 radical (unpaired) electrons. The lowest BCUT2D eigenvalue weighted by molar-refractivity contribution is 0.250. The zero-order valence-corrected chi connectivity index (χ0v) is 10.5. The molecule has 0 fully saturated rings. The molecule has 1 aliphatic heterocycles. The minimum Gasteiger partial charge on any atom is -0.481 e. The van der Waals surface area contributed by atoms with Crippen LogP contribution in [0.5, 0.6) is 5.75 Å². The second-order valence-corrected chi connectivity index (χ2v) is 4.64. The zero-order chi connectivity index (χ0) is 14.2. The molecule has 1 nitrogen and oxygen atoms in total. The number of hydrogen-bond acceptors (Lipinski definition) is 1. The Balaban J connectivity index is 2.10. The van der Waals surface area contributed by atoms with Crippen molar-refractivity contribution < 1.29 is 17.7 Å². The van der Waals surface area contributed by atoms with Crippen molar-refractivity contribution in [2.75, 3.05) is 0 Å². The van der Waals surface area contributed by atoms with E-state index in [9.17, 15) is 12.9 Å². The van der Waals surface area contributed by atoms with Gasteiger partial charge in [-0.05, 0) is 17.2 Å². The average Bonchev–Trinajstić information content (AvgIpc) is 2.46. The summed E-state index contributed by atoms with van der Waals surface area (Å²) in [6.07, 6.45) is 0.460. The summed E-state index contributed by atoms with van der Waals surface area (Å²) in [5.74, 6) is 0.276. The number of halogens is 3. The van der Waals surface area contributed by atoms with Crippen LogP contribution < -0.4 is 4.74 Å². The number of benzene rings is 2. The fraction of sp³-hybridized carbons (Fsp3) is 0.0667. The van der Waals surface area contributed by atoms with E-state index in [1.165, 1.54) is 6.07 Å². The largest absolute Gasteiger partial charge is 0.510 e. The van der Waals surface area contributed by atoms with E-state index >= 15 is 0 Å². The van der Waals surface area contributed by atoms with Crippen LogP contribution in [-0.2, 0) is 0 Å². The van der Waals surface area contributed by atoms with Crippen molar-refractivity contribution in [3.63, 3.8) is 0 Å². The van der Waals surface area contributed by atoms with Crippen LogP contribution in [0.4, 0.5) is 12.9 Å². The molecule has 3 rings (SSSR count). The Morgan fingerprint density at radius 1 is 0.850 bits per heavy atom. The maximum atomic E-state index is 13.2. The van der Waals surface area contributed by atoms with Gasteiger partial charge in [-0.1, -0.05) is 60.1 Å². The first-order chi connectivity index (χ1) is 9.55. The first-order valence-corrected chi connectivity index (χ1v) is 6.28. The summed E-state index contributed by atoms with van der Waals surface area (Å²) in [6.45, 7) is -5.07. The van der Waals surface area contributed by atoms with Gasteiger partial charge in [0.05, 0.1) is 0 Å². The first-order valence-electron chi connectivity index (χ1n) is 6.28. The summed E-state index contributed by atoms with van der Waals surface area (Å²) in [7, 11) is 0. The molecule has 0 amide bonds. The third-order valence-corrected chi connectivity index (χ3v) is 3.26. The molecule has 0 aliphatic carbocycles. The van der Waals surface area contributed by atoms with Crippen molar-refractivity contribution in [3.8, 4) is 5.75 Å². The van der Waals surface area contributed by atoms with E-state index < -0.39 is 18.6 Å². The SMILES string of the molecule is F[B-](F)(F)C1=CC(c2ccccc2)Oc2ccccc21. The Kier molecular flexibility index (Phi) is 3.05. The molecule has 0 spiro atoms. The normalized spacial score (nSPS) is 17.9. The molecule has 2 aromatic carbocycles. The van der Waals surface area contributed by atoms with Crippen LogP contribution >= 0.6 is 0 Å². The lowest BCUT2D eigenvalue weighted by atomic mass is 9.72. The van der Waals surface area contributed by atoms with Gasteiger partial charge in [0.25, 0.3) is 0 Å². The van der Waals surface area contributed by atoms with Crippen LogP contribution in [0, 0.1) is 0 Å². The molecule has 0 saturated carbocycles. The van der Waals surface area contributed by atoms with Crippen LogP contribution in [-0.4, -0.2) is 6.98 Å². The number of hydrogen-bond donors (Lipinski definition) is 0. The Hall–Kier alpha value is -2.17. The van der Waals surface area contributed by atoms with E-state index in [0.717, 1.165) is 6.08 Å². The van der Waals surface area contributed by atoms with Crippen LogP contribution in [0.15, 0.2) is 60.7 Å². The highest BCUT2D eigenvalue weighted by atomic mass is 19.4. The summed E-state index contributed by atoms with van der Waals surface area (Å²) in [6, 6.07) is 15.2. The molecule has 0 N–H and O–H groups in total. The molecule has 5 heteroatoms. The van der Waals surface area contributed by atoms with Crippen LogP contribution in [0.3, 0.4) is 0 Å². The van der Waals surface area contributed by atoms with Gasteiger partial charge in [0.2, 0.25) is 0 Å². The highest BCUT2D eigenvalue weighted by Crippen LogP contribution is 2.42. The van der Waals surface area contributed by atoms with E-state index in [-0.39, 0.29) is 11.3 Å². The van der Waals surface area contributed by atoms with Crippen LogP contribution in [0.1, 0.15) is 17.2 Å². The predicted octanol–water partition coefficient (Wildman–Crippen LogP) is 4.59. The van der Waals surface area contributed by atoms with Crippen molar-refractivity contribution in [2.24, 2.45) is 0 Å². The molecule has 1 atom stereocenters. The quantitative estimate of drug-likeness (QED) is 0.728. The van der Waals surface area contributed by atoms with Crippen molar-refractivity contribution in [1.82, 2.24) is 0 Å². The topological polar surface area (TPSA) is 9.23 Å². The summed E-state index contributed by atoms with van der Waals surface area (Å²) in [5.41, 5.74) is 0.243. The third kappa shape index (κ3) is 2.31. The molecule has 1 heterocycles. The van der Waals surface area contributed by atoms with E-state index in [1.807, 2.05) is 6.07 Å². The lowest BCUT2D eigenvalue weighted by Crippen LogP contribution is -2.23. The smallest absolute Gasteiger partial charge is 0.481 e. The Morgan fingerprint density at radius 2 is 1.50 bits per heavy atom. The molecule has 102 valence electrons. The van der Waals surface area contributed by atoms with E-state index in [1.54, 1.807) is 42.5 Å². The monoisotopic (exact) mass is 275 g/mol. The Bertz CT molecular complexity index is 650. The summed E-state index contributed by atoms with van der Waals surface area (Å²) < 4.78 is 45.4. The molecule has 0 saturated heterocycles. The highest BCUT2D eigenvalue weighted by Gasteiger charge is 2.34. The second-order valence-electron chi connectivity index (χ2n) is 4.64. The first kappa shape index (κ1) is 12.8. The average molecular weight is 275 g/mol. The van der Waals surface area contributed by atoms with Crippen LogP contribution in [0.25, 0.3) is 5.47 Å². The summed E-state index contributed by atoms with van der Waals surface area (Å²) >= 11 is 0. The predicted molar refractivity (Wildman–Crippen MR) is 73.3 cm³/mol. The van der Waals surface area contributed by atoms with Gasteiger partial charge < -0.3 is 17.7 Å². The highest BCUT2D eigenvalue weighted by molar-refractivity contribution is 6.79. The van der Waals surface area contributed by atoms with Crippen molar-refractivity contribution in [2.45, 2.75) is 6.10 Å². The van der Waals surface area contributed by atoms with Gasteiger partial charge in [-0.2, -0.15) is 0 Å². The third-order valence-electron chi connectivity index (χ3n) is 3.26. The van der Waals surface area contributed by atoms with Crippen molar-refractivity contribution >= 4 is 12.4 Å². The zero-order valence-electron chi connectivity index (χ0n) is 10.5. The van der Waals surface area contributed by atoms with Crippen molar-refractivity contribution in [1.29, 1.82) is 0 Å². The number of para-hydroxylation sites is 1. The molecule has 0 aromatic heterocycles.